The summed E-state index contributed by atoms with van der Waals surface area (Å²) in [5, 5.41) is 6.66. The maximum Gasteiger partial charge on any atom is 0.191 e. The van der Waals surface area contributed by atoms with Gasteiger partial charge in [0.15, 0.2) is 5.96 Å². The molecule has 9 heteroatoms. The number of nitrogens with zero attached hydrogens (tertiary/aromatic N) is 2. The molecule has 28 heavy (non-hydrogen) atoms. The molecule has 1 aliphatic heterocycles. The number of hydrogen-bond donors (Lipinski definition) is 2. The molecule has 2 N–H and O–H groups in total. The summed E-state index contributed by atoms with van der Waals surface area (Å²) in [4.78, 5) is 6.17. The summed E-state index contributed by atoms with van der Waals surface area (Å²) in [6, 6.07) is 3.88. The van der Waals surface area contributed by atoms with Gasteiger partial charge in [-0.2, -0.15) is 0 Å². The van der Waals surface area contributed by atoms with E-state index in [1.807, 2.05) is 4.90 Å². The number of benzene rings is 1. The monoisotopic (exact) mass is 512 g/mol. The van der Waals surface area contributed by atoms with Crippen molar-refractivity contribution in [2.45, 2.75) is 25.3 Å². The highest BCUT2D eigenvalue weighted by Gasteiger charge is 2.25. The van der Waals surface area contributed by atoms with Crippen molar-refractivity contribution >= 4 is 35.6 Å². The lowest BCUT2D eigenvalue weighted by molar-refractivity contribution is 0.0689. The summed E-state index contributed by atoms with van der Waals surface area (Å²) < 4.78 is 37.4. The van der Waals surface area contributed by atoms with Gasteiger partial charge in [-0.3, -0.25) is 4.99 Å². The molecule has 6 nitrogen and oxygen atoms in total. The summed E-state index contributed by atoms with van der Waals surface area (Å²) in [5.41, 5.74) is 0.442. The molecule has 1 aromatic carbocycles. The van der Waals surface area contributed by atoms with Gasteiger partial charge in [-0.05, 0) is 31.4 Å². The Morgan fingerprint density at radius 1 is 1.25 bits per heavy atom. The molecule has 0 saturated carbocycles. The first kappa shape index (κ1) is 24.8. The molecule has 0 aliphatic carbocycles. The van der Waals surface area contributed by atoms with Crippen molar-refractivity contribution in [1.29, 1.82) is 0 Å². The zero-order chi connectivity index (χ0) is 19.5. The molecule has 2 rings (SSSR count). The quantitative estimate of drug-likeness (QED) is 0.219. The summed E-state index contributed by atoms with van der Waals surface area (Å²) in [7, 11) is 3.39. The Labute approximate surface area is 183 Å². The van der Waals surface area contributed by atoms with E-state index < -0.39 is 11.6 Å². The summed E-state index contributed by atoms with van der Waals surface area (Å²) in [6.45, 7) is 4.13. The average Bonchev–Trinajstić information content (AvgIpc) is 3.11. The van der Waals surface area contributed by atoms with Crippen molar-refractivity contribution < 1.29 is 18.3 Å². The SMILES string of the molecule is CN=C(NCCCCOCCOC)NC1CCN(c2ccc(F)cc2F)C1.I. The highest BCUT2D eigenvalue weighted by molar-refractivity contribution is 14.0. The molecule has 0 radical (unpaired) electrons. The number of hydrogen-bond acceptors (Lipinski definition) is 4. The minimum absolute atomic E-state index is 0. The molecular formula is C19H31F2IN4O2. The second-order valence-electron chi connectivity index (χ2n) is 6.48. The third-order valence-electron chi connectivity index (χ3n) is 4.44. The highest BCUT2D eigenvalue weighted by Crippen LogP contribution is 2.24. The Morgan fingerprint density at radius 3 is 2.79 bits per heavy atom. The molecule has 1 unspecified atom stereocenters. The normalized spacial score (nSPS) is 16.8. The lowest BCUT2D eigenvalue weighted by Gasteiger charge is -2.21. The number of guanidine groups is 1. The topological polar surface area (TPSA) is 58.1 Å². The average molecular weight is 512 g/mol. The van der Waals surface area contributed by atoms with E-state index >= 15 is 0 Å². The van der Waals surface area contributed by atoms with E-state index in [1.165, 1.54) is 12.1 Å². The van der Waals surface area contributed by atoms with Crippen LogP contribution < -0.4 is 15.5 Å². The Morgan fingerprint density at radius 2 is 2.07 bits per heavy atom. The molecule has 0 spiro atoms. The fourth-order valence-electron chi connectivity index (χ4n) is 3.00. The molecule has 1 heterocycles. The van der Waals surface area contributed by atoms with E-state index in [-0.39, 0.29) is 30.0 Å². The van der Waals surface area contributed by atoms with Crippen molar-refractivity contribution in [2.75, 3.05) is 58.5 Å². The van der Waals surface area contributed by atoms with Gasteiger partial charge in [0.2, 0.25) is 0 Å². The lowest BCUT2D eigenvalue weighted by atomic mass is 10.2. The van der Waals surface area contributed by atoms with Crippen LogP contribution >= 0.6 is 24.0 Å². The summed E-state index contributed by atoms with van der Waals surface area (Å²) in [6.07, 6.45) is 2.81. The molecule has 0 bridgehead atoms. The van der Waals surface area contributed by atoms with Crippen LogP contribution in [-0.4, -0.2) is 65.6 Å². The third-order valence-corrected chi connectivity index (χ3v) is 4.44. The maximum atomic E-state index is 13.9. The molecule has 160 valence electrons. The third kappa shape index (κ3) is 8.44. The van der Waals surface area contributed by atoms with Crippen LogP contribution in [0.2, 0.25) is 0 Å². The number of nitrogens with one attached hydrogen (secondary N) is 2. The number of methoxy groups -OCH3 is 1. The van der Waals surface area contributed by atoms with Gasteiger partial charge < -0.3 is 25.0 Å². The van der Waals surface area contributed by atoms with Crippen LogP contribution in [-0.2, 0) is 9.47 Å². The van der Waals surface area contributed by atoms with E-state index in [2.05, 4.69) is 15.6 Å². The fourth-order valence-corrected chi connectivity index (χ4v) is 3.00. The number of rotatable bonds is 10. The number of aliphatic imine (C=N–C) groups is 1. The van der Waals surface area contributed by atoms with E-state index in [1.54, 1.807) is 14.2 Å². The van der Waals surface area contributed by atoms with Gasteiger partial charge in [-0.15, -0.1) is 24.0 Å². The number of halogens is 3. The number of anilines is 1. The van der Waals surface area contributed by atoms with Crippen LogP contribution in [0.25, 0.3) is 0 Å². The van der Waals surface area contributed by atoms with Crippen molar-refractivity contribution in [1.82, 2.24) is 10.6 Å². The Kier molecular flexibility index (Phi) is 12.3. The second kappa shape index (κ2) is 13.9. The molecule has 1 saturated heterocycles. The highest BCUT2D eigenvalue weighted by atomic mass is 127. The molecule has 0 aromatic heterocycles. The van der Waals surface area contributed by atoms with Crippen LogP contribution in [0.4, 0.5) is 14.5 Å². The number of unbranched alkanes of at least 4 members (excludes halogenated alkanes) is 1. The standard InChI is InChI=1S/C19H30F2N4O2.HI/c1-22-19(23-8-3-4-10-27-12-11-26-2)24-16-7-9-25(14-16)18-6-5-15(20)13-17(18)21;/h5-6,13,16H,3-4,7-12,14H2,1-2H3,(H2,22,23,24);1H. The molecule has 1 aromatic rings. The van der Waals surface area contributed by atoms with Crippen LogP contribution in [0, 0.1) is 11.6 Å². The predicted molar refractivity (Wildman–Crippen MR) is 119 cm³/mol. The first-order chi connectivity index (χ1) is 13.1. The van der Waals surface area contributed by atoms with E-state index in [4.69, 9.17) is 9.47 Å². The molecule has 0 amide bonds. The number of ether oxygens (including phenoxy) is 2. The van der Waals surface area contributed by atoms with Gasteiger partial charge in [0.1, 0.15) is 11.6 Å². The minimum Gasteiger partial charge on any atom is -0.382 e. The van der Waals surface area contributed by atoms with Crippen LogP contribution in [0.5, 0.6) is 0 Å². The van der Waals surface area contributed by atoms with Gasteiger partial charge in [-0.25, -0.2) is 8.78 Å². The Bertz CT molecular complexity index is 607. The zero-order valence-corrected chi connectivity index (χ0v) is 18.9. The minimum atomic E-state index is -0.557. The zero-order valence-electron chi connectivity index (χ0n) is 16.5. The van der Waals surface area contributed by atoms with Crippen molar-refractivity contribution in [3.63, 3.8) is 0 Å². The van der Waals surface area contributed by atoms with Gasteiger partial charge in [0.05, 0.1) is 18.9 Å². The maximum absolute atomic E-state index is 13.9. The van der Waals surface area contributed by atoms with E-state index in [9.17, 15) is 8.78 Å². The van der Waals surface area contributed by atoms with Crippen LogP contribution in [0.15, 0.2) is 23.2 Å². The van der Waals surface area contributed by atoms with E-state index in [0.29, 0.717) is 25.4 Å². The van der Waals surface area contributed by atoms with Gasteiger partial charge >= 0.3 is 0 Å². The Hall–Kier alpha value is -1.20. The summed E-state index contributed by atoms with van der Waals surface area (Å²) in [5.74, 6) is -0.341. The molecule has 1 atom stereocenters. The van der Waals surface area contributed by atoms with Gasteiger partial charge in [-0.1, -0.05) is 0 Å². The van der Waals surface area contributed by atoms with Crippen molar-refractivity contribution in [3.8, 4) is 0 Å². The van der Waals surface area contributed by atoms with Gasteiger partial charge in [0.25, 0.3) is 0 Å². The second-order valence-corrected chi connectivity index (χ2v) is 6.48. The summed E-state index contributed by atoms with van der Waals surface area (Å²) >= 11 is 0. The molecule has 1 fully saturated rings. The largest absolute Gasteiger partial charge is 0.382 e. The lowest BCUT2D eigenvalue weighted by Crippen LogP contribution is -2.44. The molecule has 1 aliphatic rings. The predicted octanol–water partition coefficient (Wildman–Crippen LogP) is 2.77. The smallest absolute Gasteiger partial charge is 0.191 e. The van der Waals surface area contributed by atoms with Crippen LogP contribution in [0.3, 0.4) is 0 Å². The van der Waals surface area contributed by atoms with Crippen molar-refractivity contribution in [2.24, 2.45) is 4.99 Å². The van der Waals surface area contributed by atoms with E-state index in [0.717, 1.165) is 51.0 Å². The van der Waals surface area contributed by atoms with Crippen molar-refractivity contribution in [3.05, 3.63) is 29.8 Å². The first-order valence-electron chi connectivity index (χ1n) is 9.38. The Balaban J connectivity index is 0.00000392. The first-order valence-corrected chi connectivity index (χ1v) is 9.38. The molecular weight excluding hydrogens is 481 g/mol. The van der Waals surface area contributed by atoms with Crippen LogP contribution in [0.1, 0.15) is 19.3 Å². The van der Waals surface area contributed by atoms with Gasteiger partial charge in [0, 0.05) is 52.5 Å². The fraction of sp³-hybridized carbons (Fsp3) is 0.632.